The monoisotopic (exact) mass is 187 g/mol. The van der Waals surface area contributed by atoms with E-state index in [0.717, 1.165) is 19.6 Å². The van der Waals surface area contributed by atoms with Crippen molar-refractivity contribution in [1.29, 1.82) is 0 Å². The number of hydrogen-bond acceptors (Lipinski definition) is 3. The topological polar surface area (TPSA) is 30.5 Å². The Bertz CT molecular complexity index is 128. The summed E-state index contributed by atoms with van der Waals surface area (Å²) in [6, 6.07) is 0.383. The molecule has 78 valence electrons. The molecule has 0 saturated carbocycles. The summed E-state index contributed by atoms with van der Waals surface area (Å²) in [7, 11) is 1.73. The molecule has 0 aromatic carbocycles. The molecule has 0 saturated heterocycles. The highest BCUT2D eigenvalue weighted by molar-refractivity contribution is 4.67. The first-order valence-corrected chi connectivity index (χ1v) is 4.71. The largest absolute Gasteiger partial charge is 0.502 e. The van der Waals surface area contributed by atoms with E-state index < -0.39 is 0 Å². The molecule has 13 heavy (non-hydrogen) atoms. The molecule has 0 aliphatic rings. The molecule has 0 aromatic heterocycles. The molecule has 0 fully saturated rings. The number of hydrogen-bond donors (Lipinski definition) is 1. The summed E-state index contributed by atoms with van der Waals surface area (Å²) in [5.74, 6) is 0. The van der Waals surface area contributed by atoms with Crippen LogP contribution in [0.5, 0.6) is 0 Å². The van der Waals surface area contributed by atoms with Crippen LogP contribution in [0.2, 0.25) is 0 Å². The summed E-state index contributed by atoms with van der Waals surface area (Å²) in [5.41, 5.74) is 0. The summed E-state index contributed by atoms with van der Waals surface area (Å²) < 4.78 is 10.2. The Hall–Kier alpha value is -0.540. The fourth-order valence-corrected chi connectivity index (χ4v) is 0.939. The maximum atomic E-state index is 5.18. The molecule has 0 spiro atoms. The van der Waals surface area contributed by atoms with Crippen molar-refractivity contribution in [2.24, 2.45) is 0 Å². The van der Waals surface area contributed by atoms with E-state index in [0.29, 0.717) is 6.04 Å². The molecule has 0 rings (SSSR count). The Kier molecular flexibility index (Phi) is 7.74. The average Bonchev–Trinajstić information content (AvgIpc) is 2.16. The highest BCUT2D eigenvalue weighted by Crippen LogP contribution is 1.95. The van der Waals surface area contributed by atoms with Gasteiger partial charge in [0.1, 0.15) is 0 Å². The van der Waals surface area contributed by atoms with Gasteiger partial charge >= 0.3 is 0 Å². The molecule has 3 nitrogen and oxygen atoms in total. The van der Waals surface area contributed by atoms with Crippen LogP contribution in [-0.4, -0.2) is 32.4 Å². The average molecular weight is 187 g/mol. The summed E-state index contributed by atoms with van der Waals surface area (Å²) in [6.45, 7) is 9.31. The van der Waals surface area contributed by atoms with Crippen LogP contribution in [0.1, 0.15) is 20.3 Å². The molecule has 0 heterocycles. The molecule has 0 aliphatic heterocycles. The van der Waals surface area contributed by atoms with Gasteiger partial charge in [0.25, 0.3) is 0 Å². The Labute approximate surface area is 81.1 Å². The summed E-state index contributed by atoms with van der Waals surface area (Å²) >= 11 is 0. The predicted molar refractivity (Wildman–Crippen MR) is 54.7 cm³/mol. The number of ether oxygens (including phenoxy) is 2. The lowest BCUT2D eigenvalue weighted by Gasteiger charge is -2.19. The van der Waals surface area contributed by atoms with E-state index in [-0.39, 0.29) is 6.10 Å². The molecular formula is C10H21NO2. The second-order valence-electron chi connectivity index (χ2n) is 3.07. The van der Waals surface area contributed by atoms with E-state index in [9.17, 15) is 0 Å². The third-order valence-electron chi connectivity index (χ3n) is 2.10. The van der Waals surface area contributed by atoms with Crippen LogP contribution >= 0.6 is 0 Å². The SMILES string of the molecule is C=COCCCNC(C)C(C)OC. The van der Waals surface area contributed by atoms with E-state index in [4.69, 9.17) is 9.47 Å². The van der Waals surface area contributed by atoms with Gasteiger partial charge in [-0.05, 0) is 26.8 Å². The highest BCUT2D eigenvalue weighted by atomic mass is 16.5. The molecule has 3 heteroatoms. The molecule has 0 amide bonds. The van der Waals surface area contributed by atoms with Gasteiger partial charge < -0.3 is 14.8 Å². The third-order valence-corrected chi connectivity index (χ3v) is 2.10. The maximum Gasteiger partial charge on any atom is 0.0885 e. The van der Waals surface area contributed by atoms with Crippen molar-refractivity contribution < 1.29 is 9.47 Å². The minimum absolute atomic E-state index is 0.250. The van der Waals surface area contributed by atoms with Gasteiger partial charge in [-0.15, -0.1) is 0 Å². The van der Waals surface area contributed by atoms with E-state index in [1.54, 1.807) is 7.11 Å². The van der Waals surface area contributed by atoms with Crippen LogP contribution in [0, 0.1) is 0 Å². The van der Waals surface area contributed by atoms with E-state index in [2.05, 4.69) is 25.7 Å². The minimum Gasteiger partial charge on any atom is -0.502 e. The van der Waals surface area contributed by atoms with E-state index in [1.807, 2.05) is 0 Å². The van der Waals surface area contributed by atoms with Crippen molar-refractivity contribution >= 4 is 0 Å². The second-order valence-corrected chi connectivity index (χ2v) is 3.07. The fraction of sp³-hybridized carbons (Fsp3) is 0.800. The standard InChI is InChI=1S/C10H21NO2/c1-5-13-8-6-7-11-9(2)10(3)12-4/h5,9-11H,1,6-8H2,2-4H3. The Morgan fingerprint density at radius 2 is 2.15 bits per heavy atom. The zero-order chi connectivity index (χ0) is 10.1. The first-order chi connectivity index (χ1) is 6.22. The normalized spacial score (nSPS) is 15.0. The Morgan fingerprint density at radius 1 is 1.46 bits per heavy atom. The van der Waals surface area contributed by atoms with Crippen LogP contribution in [0.15, 0.2) is 12.8 Å². The quantitative estimate of drug-likeness (QED) is 0.462. The zero-order valence-corrected chi connectivity index (χ0v) is 8.88. The molecule has 0 aromatic rings. The van der Waals surface area contributed by atoms with Crippen molar-refractivity contribution in [3.63, 3.8) is 0 Å². The van der Waals surface area contributed by atoms with Gasteiger partial charge in [-0.25, -0.2) is 0 Å². The summed E-state index contributed by atoms with van der Waals surface area (Å²) in [6.07, 6.45) is 2.72. The predicted octanol–water partition coefficient (Wildman–Crippen LogP) is 1.55. The highest BCUT2D eigenvalue weighted by Gasteiger charge is 2.08. The van der Waals surface area contributed by atoms with Crippen LogP contribution in [0.3, 0.4) is 0 Å². The van der Waals surface area contributed by atoms with Crippen molar-refractivity contribution in [2.45, 2.75) is 32.4 Å². The molecule has 0 aliphatic carbocycles. The molecule has 2 atom stereocenters. The van der Waals surface area contributed by atoms with Crippen molar-refractivity contribution in [3.05, 3.63) is 12.8 Å². The van der Waals surface area contributed by atoms with Gasteiger partial charge in [0.05, 0.1) is 19.0 Å². The number of rotatable bonds is 8. The van der Waals surface area contributed by atoms with E-state index in [1.165, 1.54) is 6.26 Å². The lowest BCUT2D eigenvalue weighted by molar-refractivity contribution is 0.0880. The van der Waals surface area contributed by atoms with Crippen LogP contribution in [-0.2, 0) is 9.47 Å². The summed E-state index contributed by atoms with van der Waals surface area (Å²) in [4.78, 5) is 0. The van der Waals surface area contributed by atoms with Gasteiger partial charge in [0, 0.05) is 13.2 Å². The number of methoxy groups -OCH3 is 1. The first-order valence-electron chi connectivity index (χ1n) is 4.71. The molecule has 0 bridgehead atoms. The van der Waals surface area contributed by atoms with Gasteiger partial charge in [-0.1, -0.05) is 6.58 Å². The van der Waals surface area contributed by atoms with Crippen molar-refractivity contribution in [1.82, 2.24) is 5.32 Å². The third kappa shape index (κ3) is 6.61. The van der Waals surface area contributed by atoms with Gasteiger partial charge in [-0.2, -0.15) is 0 Å². The van der Waals surface area contributed by atoms with Crippen molar-refractivity contribution in [2.75, 3.05) is 20.3 Å². The first kappa shape index (κ1) is 12.5. The Morgan fingerprint density at radius 3 is 2.69 bits per heavy atom. The van der Waals surface area contributed by atoms with E-state index >= 15 is 0 Å². The smallest absolute Gasteiger partial charge is 0.0885 e. The van der Waals surface area contributed by atoms with Gasteiger partial charge in [-0.3, -0.25) is 0 Å². The Balaban J connectivity index is 3.26. The van der Waals surface area contributed by atoms with Crippen molar-refractivity contribution in [3.8, 4) is 0 Å². The molecule has 0 radical (unpaired) electrons. The van der Waals surface area contributed by atoms with Crippen LogP contribution in [0.4, 0.5) is 0 Å². The van der Waals surface area contributed by atoms with Gasteiger partial charge in [0.15, 0.2) is 0 Å². The lowest BCUT2D eigenvalue weighted by Crippen LogP contribution is -2.37. The van der Waals surface area contributed by atoms with Crippen LogP contribution in [0.25, 0.3) is 0 Å². The fourth-order valence-electron chi connectivity index (χ4n) is 0.939. The minimum atomic E-state index is 0.250. The summed E-state index contributed by atoms with van der Waals surface area (Å²) in [5, 5.41) is 3.35. The molecule has 1 N–H and O–H groups in total. The molecule has 2 unspecified atom stereocenters. The maximum absolute atomic E-state index is 5.18. The van der Waals surface area contributed by atoms with Crippen LogP contribution < -0.4 is 5.32 Å². The molecular weight excluding hydrogens is 166 g/mol. The number of nitrogens with one attached hydrogen (secondary N) is 1. The van der Waals surface area contributed by atoms with Gasteiger partial charge in [0.2, 0.25) is 0 Å². The second kappa shape index (κ2) is 8.08. The lowest BCUT2D eigenvalue weighted by atomic mass is 10.2. The zero-order valence-electron chi connectivity index (χ0n) is 8.88.